The van der Waals surface area contributed by atoms with E-state index in [-0.39, 0.29) is 11.4 Å². The zero-order valence-electron chi connectivity index (χ0n) is 9.39. The third-order valence-electron chi connectivity index (χ3n) is 2.82. The van der Waals surface area contributed by atoms with Crippen molar-refractivity contribution in [1.29, 1.82) is 0 Å². The maximum Gasteiger partial charge on any atom is 0.217 e. The van der Waals surface area contributed by atoms with Crippen molar-refractivity contribution < 1.29 is 9.90 Å². The first-order valence-electron chi connectivity index (χ1n) is 5.34. The van der Waals surface area contributed by atoms with Gasteiger partial charge < -0.3 is 10.4 Å². The van der Waals surface area contributed by atoms with Gasteiger partial charge in [-0.05, 0) is 33.1 Å². The maximum atomic E-state index is 10.9. The van der Waals surface area contributed by atoms with Crippen molar-refractivity contribution in [2.45, 2.75) is 64.0 Å². The summed E-state index contributed by atoms with van der Waals surface area (Å²) >= 11 is 0. The van der Waals surface area contributed by atoms with Gasteiger partial charge in [0, 0.05) is 12.5 Å². The smallest absolute Gasteiger partial charge is 0.217 e. The molecule has 1 saturated carbocycles. The van der Waals surface area contributed by atoms with Gasteiger partial charge in [0.25, 0.3) is 0 Å². The lowest BCUT2D eigenvalue weighted by atomic mass is 9.86. The van der Waals surface area contributed by atoms with Crippen molar-refractivity contribution in [1.82, 2.24) is 5.32 Å². The van der Waals surface area contributed by atoms with Gasteiger partial charge in [-0.25, -0.2) is 0 Å². The van der Waals surface area contributed by atoms with E-state index in [4.69, 9.17) is 0 Å². The molecule has 0 aromatic heterocycles. The molecule has 0 saturated heterocycles. The van der Waals surface area contributed by atoms with Crippen molar-refractivity contribution in [3.05, 3.63) is 0 Å². The maximum absolute atomic E-state index is 10.9. The highest BCUT2D eigenvalue weighted by Crippen LogP contribution is 2.35. The Labute approximate surface area is 85.9 Å². The summed E-state index contributed by atoms with van der Waals surface area (Å²) in [6.45, 7) is 5.44. The van der Waals surface area contributed by atoms with Gasteiger partial charge in [-0.3, -0.25) is 4.79 Å². The van der Waals surface area contributed by atoms with Crippen LogP contribution in [0.15, 0.2) is 0 Å². The van der Waals surface area contributed by atoms with Crippen molar-refractivity contribution in [2.75, 3.05) is 0 Å². The van der Waals surface area contributed by atoms with Crippen LogP contribution in [-0.4, -0.2) is 22.2 Å². The van der Waals surface area contributed by atoms with Crippen LogP contribution < -0.4 is 5.32 Å². The Balaban J connectivity index is 2.52. The van der Waals surface area contributed by atoms with Gasteiger partial charge in [0.05, 0.1) is 5.60 Å². The number of rotatable bonds is 3. The number of nitrogens with one attached hydrogen (secondary N) is 1. The molecule has 1 aliphatic carbocycles. The highest BCUT2D eigenvalue weighted by atomic mass is 16.3. The molecule has 0 aromatic rings. The van der Waals surface area contributed by atoms with Crippen LogP contribution >= 0.6 is 0 Å². The third kappa shape index (κ3) is 3.29. The van der Waals surface area contributed by atoms with Crippen molar-refractivity contribution in [2.24, 2.45) is 0 Å². The molecular formula is C11H21NO2. The van der Waals surface area contributed by atoms with Gasteiger partial charge in [0.2, 0.25) is 5.91 Å². The molecule has 1 fully saturated rings. The molecule has 0 heterocycles. The van der Waals surface area contributed by atoms with Crippen LogP contribution in [0.3, 0.4) is 0 Å². The van der Waals surface area contributed by atoms with Gasteiger partial charge >= 0.3 is 0 Å². The fraction of sp³-hybridized carbons (Fsp3) is 0.909. The predicted octanol–water partition coefficient (Wildman–Crippen LogP) is 1.60. The van der Waals surface area contributed by atoms with Crippen LogP contribution in [0, 0.1) is 0 Å². The predicted molar refractivity (Wildman–Crippen MR) is 55.9 cm³/mol. The van der Waals surface area contributed by atoms with E-state index in [9.17, 15) is 9.90 Å². The summed E-state index contributed by atoms with van der Waals surface area (Å²) in [6, 6.07) is 0. The Kier molecular flexibility index (Phi) is 3.20. The second kappa shape index (κ2) is 3.89. The normalized spacial score (nSPS) is 20.9. The Morgan fingerprint density at radius 1 is 1.43 bits per heavy atom. The monoisotopic (exact) mass is 199 g/mol. The number of hydrogen-bond acceptors (Lipinski definition) is 2. The SMILES string of the molecule is CC(=O)NC(C)(C)CC1(O)CCCC1. The van der Waals surface area contributed by atoms with Gasteiger partial charge in [-0.2, -0.15) is 0 Å². The molecule has 0 atom stereocenters. The van der Waals surface area contributed by atoms with E-state index in [2.05, 4.69) is 5.32 Å². The molecule has 0 aromatic carbocycles. The van der Waals surface area contributed by atoms with E-state index in [0.717, 1.165) is 25.7 Å². The molecule has 1 aliphatic rings. The highest BCUT2D eigenvalue weighted by molar-refractivity contribution is 5.73. The summed E-state index contributed by atoms with van der Waals surface area (Å²) in [5.74, 6) is -0.0309. The Hall–Kier alpha value is -0.570. The lowest BCUT2D eigenvalue weighted by molar-refractivity contribution is -0.121. The molecule has 2 N–H and O–H groups in total. The minimum atomic E-state index is -0.550. The number of amides is 1. The quantitative estimate of drug-likeness (QED) is 0.725. The van der Waals surface area contributed by atoms with E-state index in [1.165, 1.54) is 6.92 Å². The standard InChI is InChI=1S/C11H21NO2/c1-9(13)12-10(2,3)8-11(14)6-4-5-7-11/h14H,4-8H2,1-3H3,(H,12,13). The summed E-state index contributed by atoms with van der Waals surface area (Å²) in [4.78, 5) is 10.9. The second-order valence-electron chi connectivity index (χ2n) is 5.17. The zero-order chi connectivity index (χ0) is 10.8. The molecule has 82 valence electrons. The van der Waals surface area contributed by atoms with E-state index >= 15 is 0 Å². The van der Waals surface area contributed by atoms with Gasteiger partial charge in [0.1, 0.15) is 0 Å². The van der Waals surface area contributed by atoms with E-state index in [0.29, 0.717) is 6.42 Å². The fourth-order valence-corrected chi connectivity index (χ4v) is 2.55. The van der Waals surface area contributed by atoms with Gasteiger partial charge in [0.15, 0.2) is 0 Å². The molecule has 1 amide bonds. The Morgan fingerprint density at radius 3 is 2.36 bits per heavy atom. The van der Waals surface area contributed by atoms with Crippen LogP contribution in [0.2, 0.25) is 0 Å². The molecule has 14 heavy (non-hydrogen) atoms. The van der Waals surface area contributed by atoms with Crippen molar-refractivity contribution >= 4 is 5.91 Å². The van der Waals surface area contributed by atoms with Crippen LogP contribution in [0.4, 0.5) is 0 Å². The molecule has 0 unspecified atom stereocenters. The van der Waals surface area contributed by atoms with E-state index in [1.807, 2.05) is 13.8 Å². The molecule has 1 rings (SSSR count). The molecule has 0 bridgehead atoms. The van der Waals surface area contributed by atoms with E-state index in [1.54, 1.807) is 0 Å². The molecular weight excluding hydrogens is 178 g/mol. The summed E-state index contributed by atoms with van der Waals surface area (Å²) in [5, 5.41) is 13.1. The first kappa shape index (κ1) is 11.5. The molecule has 0 radical (unpaired) electrons. The number of hydrogen-bond donors (Lipinski definition) is 2. The van der Waals surface area contributed by atoms with Gasteiger partial charge in [-0.15, -0.1) is 0 Å². The minimum absolute atomic E-state index is 0.0309. The summed E-state index contributed by atoms with van der Waals surface area (Å²) in [6.07, 6.45) is 4.60. The zero-order valence-corrected chi connectivity index (χ0v) is 9.39. The topological polar surface area (TPSA) is 49.3 Å². The first-order valence-corrected chi connectivity index (χ1v) is 5.34. The van der Waals surface area contributed by atoms with Crippen molar-refractivity contribution in [3.63, 3.8) is 0 Å². The van der Waals surface area contributed by atoms with Crippen LogP contribution in [0.5, 0.6) is 0 Å². The average molecular weight is 199 g/mol. The minimum Gasteiger partial charge on any atom is -0.390 e. The second-order valence-corrected chi connectivity index (χ2v) is 5.17. The summed E-state index contributed by atoms with van der Waals surface area (Å²) in [5.41, 5.74) is -0.850. The Morgan fingerprint density at radius 2 is 1.93 bits per heavy atom. The average Bonchev–Trinajstić information content (AvgIpc) is 2.30. The molecule has 0 aliphatic heterocycles. The van der Waals surface area contributed by atoms with Gasteiger partial charge in [-0.1, -0.05) is 12.8 Å². The molecule has 3 nitrogen and oxygen atoms in total. The highest BCUT2D eigenvalue weighted by Gasteiger charge is 2.37. The van der Waals surface area contributed by atoms with E-state index < -0.39 is 5.60 Å². The van der Waals surface area contributed by atoms with Crippen LogP contribution in [0.25, 0.3) is 0 Å². The Bertz CT molecular complexity index is 217. The molecule has 0 spiro atoms. The van der Waals surface area contributed by atoms with Crippen LogP contribution in [0.1, 0.15) is 52.9 Å². The third-order valence-corrected chi connectivity index (χ3v) is 2.82. The summed E-state index contributed by atoms with van der Waals surface area (Å²) < 4.78 is 0. The lowest BCUT2D eigenvalue weighted by Crippen LogP contribution is -2.47. The van der Waals surface area contributed by atoms with Crippen molar-refractivity contribution in [3.8, 4) is 0 Å². The lowest BCUT2D eigenvalue weighted by Gasteiger charge is -2.34. The first-order chi connectivity index (χ1) is 6.33. The fourth-order valence-electron chi connectivity index (χ4n) is 2.55. The number of carbonyl (C=O) groups excluding carboxylic acids is 1. The molecule has 3 heteroatoms. The number of aliphatic hydroxyl groups is 1. The number of carbonyl (C=O) groups is 1. The van der Waals surface area contributed by atoms with Crippen LogP contribution in [-0.2, 0) is 4.79 Å². The largest absolute Gasteiger partial charge is 0.390 e. The summed E-state index contributed by atoms with van der Waals surface area (Å²) in [7, 11) is 0.